The van der Waals surface area contributed by atoms with Crippen LogP contribution in [0.3, 0.4) is 0 Å². The van der Waals surface area contributed by atoms with Gasteiger partial charge in [0.15, 0.2) is 0 Å². The highest BCUT2D eigenvalue weighted by Crippen LogP contribution is 2.37. The normalized spacial score (nSPS) is 16.2. The second-order valence-electron chi connectivity index (χ2n) is 5.43. The number of halogens is 1. The van der Waals surface area contributed by atoms with Crippen LogP contribution in [0.4, 0.5) is 0 Å². The van der Waals surface area contributed by atoms with Crippen LogP contribution in [0.2, 0.25) is 0 Å². The number of hydrogen-bond donors (Lipinski definition) is 0. The molecule has 0 spiro atoms. The zero-order chi connectivity index (χ0) is 14.7. The molecule has 112 valence electrons. The fraction of sp³-hybridized carbons (Fsp3) is 0.667. The minimum Gasteiger partial charge on any atom is -0.383 e. The highest BCUT2D eigenvalue weighted by atomic mass is 79.9. The summed E-state index contributed by atoms with van der Waals surface area (Å²) < 4.78 is 8.23. The Labute approximate surface area is 129 Å². The summed E-state index contributed by atoms with van der Waals surface area (Å²) in [6.07, 6.45) is 5.31. The van der Waals surface area contributed by atoms with Crippen molar-refractivity contribution in [1.29, 1.82) is 0 Å². The van der Waals surface area contributed by atoms with Gasteiger partial charge in [-0.25, -0.2) is 0 Å². The lowest BCUT2D eigenvalue weighted by atomic mass is 10.2. The van der Waals surface area contributed by atoms with Crippen molar-refractivity contribution in [3.05, 3.63) is 22.4 Å². The minimum atomic E-state index is 0.106. The molecule has 1 amide bonds. The van der Waals surface area contributed by atoms with E-state index >= 15 is 0 Å². The molecule has 20 heavy (non-hydrogen) atoms. The molecular weight excluding hydrogens is 320 g/mol. The fourth-order valence-electron chi connectivity index (χ4n) is 2.35. The zero-order valence-electron chi connectivity index (χ0n) is 12.4. The summed E-state index contributed by atoms with van der Waals surface area (Å²) in [5, 5.41) is 0. The number of hydrogen-bond acceptors (Lipinski definition) is 2. The number of carbonyl (C=O) groups is 1. The Hall–Kier alpha value is -0.810. The summed E-state index contributed by atoms with van der Waals surface area (Å²) >= 11 is 3.49. The number of methoxy groups -OCH3 is 1. The van der Waals surface area contributed by atoms with E-state index in [0.29, 0.717) is 19.2 Å². The Kier molecular flexibility index (Phi) is 5.27. The number of rotatable bonds is 7. The van der Waals surface area contributed by atoms with Gasteiger partial charge >= 0.3 is 0 Å². The SMILES string of the molecule is CCC(C)N(CCOC)C(=O)c1cc(Br)cn1C1CC1. The summed E-state index contributed by atoms with van der Waals surface area (Å²) in [7, 11) is 1.67. The predicted octanol–water partition coefficient (Wildman–Crippen LogP) is 3.47. The van der Waals surface area contributed by atoms with Gasteiger partial charge in [0.1, 0.15) is 5.69 Å². The first-order valence-electron chi connectivity index (χ1n) is 7.25. The van der Waals surface area contributed by atoms with E-state index in [4.69, 9.17) is 4.74 Å². The Bertz CT molecular complexity index is 468. The zero-order valence-corrected chi connectivity index (χ0v) is 14.0. The molecule has 0 saturated heterocycles. The van der Waals surface area contributed by atoms with Crippen molar-refractivity contribution in [2.75, 3.05) is 20.3 Å². The monoisotopic (exact) mass is 342 g/mol. The average molecular weight is 343 g/mol. The average Bonchev–Trinajstić information content (AvgIpc) is 3.21. The Morgan fingerprint density at radius 3 is 2.85 bits per heavy atom. The Morgan fingerprint density at radius 1 is 1.60 bits per heavy atom. The van der Waals surface area contributed by atoms with E-state index in [1.165, 1.54) is 12.8 Å². The summed E-state index contributed by atoms with van der Waals surface area (Å²) in [4.78, 5) is 14.8. The van der Waals surface area contributed by atoms with E-state index in [0.717, 1.165) is 16.6 Å². The summed E-state index contributed by atoms with van der Waals surface area (Å²) in [6, 6.07) is 2.66. The highest BCUT2D eigenvalue weighted by Gasteiger charge is 2.30. The second kappa shape index (κ2) is 6.76. The third kappa shape index (κ3) is 3.44. The molecule has 1 saturated carbocycles. The maximum absolute atomic E-state index is 12.8. The van der Waals surface area contributed by atoms with Crippen LogP contribution < -0.4 is 0 Å². The molecule has 1 atom stereocenters. The lowest BCUT2D eigenvalue weighted by Crippen LogP contribution is -2.41. The van der Waals surface area contributed by atoms with Crippen LogP contribution in [0.25, 0.3) is 0 Å². The quantitative estimate of drug-likeness (QED) is 0.760. The Morgan fingerprint density at radius 2 is 2.30 bits per heavy atom. The molecular formula is C15H23BrN2O2. The van der Waals surface area contributed by atoms with E-state index in [9.17, 15) is 4.79 Å². The van der Waals surface area contributed by atoms with E-state index < -0.39 is 0 Å². The molecule has 1 heterocycles. The predicted molar refractivity (Wildman–Crippen MR) is 83.1 cm³/mol. The molecule has 0 radical (unpaired) electrons. The topological polar surface area (TPSA) is 34.5 Å². The van der Waals surface area contributed by atoms with Crippen LogP contribution in [0, 0.1) is 0 Å². The number of aromatic nitrogens is 1. The van der Waals surface area contributed by atoms with Crippen LogP contribution in [-0.2, 0) is 4.74 Å². The van der Waals surface area contributed by atoms with Crippen LogP contribution in [0.15, 0.2) is 16.7 Å². The van der Waals surface area contributed by atoms with Crippen molar-refractivity contribution in [2.24, 2.45) is 0 Å². The van der Waals surface area contributed by atoms with E-state index in [2.05, 4.69) is 34.3 Å². The second-order valence-corrected chi connectivity index (χ2v) is 6.35. The van der Waals surface area contributed by atoms with Gasteiger partial charge in [-0.3, -0.25) is 4.79 Å². The molecule has 1 fully saturated rings. The molecule has 1 aromatic heterocycles. The molecule has 2 rings (SSSR count). The van der Waals surface area contributed by atoms with E-state index in [1.54, 1.807) is 7.11 Å². The van der Waals surface area contributed by atoms with E-state index in [1.807, 2.05) is 17.2 Å². The molecule has 0 N–H and O–H groups in total. The molecule has 1 aliphatic carbocycles. The van der Waals surface area contributed by atoms with Gasteiger partial charge in [-0.05, 0) is 48.2 Å². The van der Waals surface area contributed by atoms with Crippen molar-refractivity contribution in [1.82, 2.24) is 9.47 Å². The number of amides is 1. The third-order valence-corrected chi connectivity index (χ3v) is 4.33. The van der Waals surface area contributed by atoms with Crippen LogP contribution >= 0.6 is 15.9 Å². The number of carbonyl (C=O) groups excluding carboxylic acids is 1. The first-order valence-corrected chi connectivity index (χ1v) is 8.05. The van der Waals surface area contributed by atoms with Crippen LogP contribution in [0.5, 0.6) is 0 Å². The standard InChI is InChI=1S/C15H23BrN2O2/c1-4-11(2)17(7-8-20-3)15(19)14-9-12(16)10-18(14)13-5-6-13/h9-11,13H,4-8H2,1-3H3. The first kappa shape index (κ1) is 15.6. The van der Waals surface area contributed by atoms with Crippen molar-refractivity contribution in [3.63, 3.8) is 0 Å². The molecule has 0 aromatic carbocycles. The lowest BCUT2D eigenvalue weighted by Gasteiger charge is -2.28. The molecule has 0 bridgehead atoms. The maximum Gasteiger partial charge on any atom is 0.270 e. The molecule has 1 aromatic rings. The van der Waals surface area contributed by atoms with Gasteiger partial charge in [0.2, 0.25) is 0 Å². The third-order valence-electron chi connectivity index (χ3n) is 3.89. The van der Waals surface area contributed by atoms with Crippen molar-refractivity contribution in [3.8, 4) is 0 Å². The Balaban J connectivity index is 2.21. The first-order chi connectivity index (χ1) is 9.58. The summed E-state index contributed by atoms with van der Waals surface area (Å²) in [6.45, 7) is 5.40. The number of nitrogens with zero attached hydrogens (tertiary/aromatic N) is 2. The molecule has 1 aliphatic rings. The van der Waals surface area contributed by atoms with Crippen molar-refractivity contribution < 1.29 is 9.53 Å². The molecule has 0 aliphatic heterocycles. The summed E-state index contributed by atoms with van der Waals surface area (Å²) in [5.41, 5.74) is 0.788. The molecule has 1 unspecified atom stereocenters. The van der Waals surface area contributed by atoms with E-state index in [-0.39, 0.29) is 11.9 Å². The molecule has 4 nitrogen and oxygen atoms in total. The van der Waals surface area contributed by atoms with Gasteiger partial charge in [-0.15, -0.1) is 0 Å². The highest BCUT2D eigenvalue weighted by molar-refractivity contribution is 9.10. The number of ether oxygens (including phenoxy) is 1. The van der Waals surface area contributed by atoms with Crippen LogP contribution in [-0.4, -0.2) is 41.7 Å². The largest absolute Gasteiger partial charge is 0.383 e. The minimum absolute atomic E-state index is 0.106. The van der Waals surface area contributed by atoms with Gasteiger partial charge in [-0.2, -0.15) is 0 Å². The summed E-state index contributed by atoms with van der Waals surface area (Å²) in [5.74, 6) is 0.106. The van der Waals surface area contributed by atoms with Gasteiger partial charge in [0.25, 0.3) is 5.91 Å². The lowest BCUT2D eigenvalue weighted by molar-refractivity contribution is 0.0603. The fourth-order valence-corrected chi connectivity index (χ4v) is 2.79. The van der Waals surface area contributed by atoms with Crippen molar-refractivity contribution in [2.45, 2.75) is 45.2 Å². The maximum atomic E-state index is 12.8. The molecule has 5 heteroatoms. The van der Waals surface area contributed by atoms with Gasteiger partial charge < -0.3 is 14.2 Å². The van der Waals surface area contributed by atoms with Crippen molar-refractivity contribution >= 4 is 21.8 Å². The van der Waals surface area contributed by atoms with Gasteiger partial charge in [0, 0.05) is 36.4 Å². The van der Waals surface area contributed by atoms with Gasteiger partial charge in [0.05, 0.1) is 6.61 Å². The smallest absolute Gasteiger partial charge is 0.270 e. The van der Waals surface area contributed by atoms with Gasteiger partial charge in [-0.1, -0.05) is 6.92 Å². The van der Waals surface area contributed by atoms with Crippen LogP contribution in [0.1, 0.15) is 49.6 Å².